The van der Waals surface area contributed by atoms with Crippen molar-refractivity contribution in [2.75, 3.05) is 0 Å². The summed E-state index contributed by atoms with van der Waals surface area (Å²) in [6.45, 7) is 1.95. The summed E-state index contributed by atoms with van der Waals surface area (Å²) in [4.78, 5) is 5.13. The maximum absolute atomic E-state index is 9.66. The van der Waals surface area contributed by atoms with Gasteiger partial charge in [0.2, 0.25) is 0 Å². The molecule has 0 spiro atoms. The summed E-state index contributed by atoms with van der Waals surface area (Å²) in [5, 5.41) is 10.4. The molecule has 4 heteroatoms. The quantitative estimate of drug-likeness (QED) is 0.853. The molecule has 2 rings (SSSR count). The van der Waals surface area contributed by atoms with Gasteiger partial charge in [-0.25, -0.2) is 0 Å². The first-order chi connectivity index (χ1) is 6.72. The van der Waals surface area contributed by atoms with E-state index in [0.29, 0.717) is 11.4 Å². The summed E-state index contributed by atoms with van der Waals surface area (Å²) in [6, 6.07) is 3.67. The Morgan fingerprint density at radius 1 is 1.64 bits per heavy atom. The van der Waals surface area contributed by atoms with Gasteiger partial charge < -0.3 is 5.11 Å². The number of aliphatic hydroxyl groups is 1. The highest BCUT2D eigenvalue weighted by Gasteiger charge is 2.11. The molecule has 0 fully saturated rings. The topological polar surface area (TPSA) is 33.1 Å². The number of hydrogen-bond acceptors (Lipinski definition) is 3. The molecule has 0 bridgehead atoms. The van der Waals surface area contributed by atoms with E-state index < -0.39 is 6.10 Å². The zero-order chi connectivity index (χ0) is 10.1. The number of aliphatic hydroxyl groups excluding tert-OH is 1. The van der Waals surface area contributed by atoms with Gasteiger partial charge in [-0.2, -0.15) is 0 Å². The fourth-order valence-electron chi connectivity index (χ4n) is 1.29. The summed E-state index contributed by atoms with van der Waals surface area (Å²) in [6.07, 6.45) is 1.99. The predicted octanol–water partition coefficient (Wildman–Crippen LogP) is 3.39. The minimum atomic E-state index is -0.398. The molecule has 2 heterocycles. The first-order valence-electron chi connectivity index (χ1n) is 4.44. The second-order valence-corrected chi connectivity index (χ2v) is 4.57. The lowest BCUT2D eigenvalue weighted by atomic mass is 10.2. The van der Waals surface area contributed by atoms with Gasteiger partial charge in [-0.15, -0.1) is 11.3 Å². The molecule has 0 saturated heterocycles. The van der Waals surface area contributed by atoms with Crippen molar-refractivity contribution in [2.24, 2.45) is 0 Å². The Balaban J connectivity index is 2.56. The molecular formula is C10H10ClNOS. The van der Waals surface area contributed by atoms with Crippen LogP contribution >= 0.6 is 22.9 Å². The highest BCUT2D eigenvalue weighted by molar-refractivity contribution is 7.19. The van der Waals surface area contributed by atoms with E-state index in [1.54, 1.807) is 12.3 Å². The van der Waals surface area contributed by atoms with Crippen LogP contribution < -0.4 is 0 Å². The zero-order valence-electron chi connectivity index (χ0n) is 7.70. The molecule has 1 atom stereocenters. The molecule has 1 unspecified atom stereocenters. The third kappa shape index (κ3) is 1.63. The fourth-order valence-corrected chi connectivity index (χ4v) is 2.65. The van der Waals surface area contributed by atoms with Crippen molar-refractivity contribution in [1.82, 2.24) is 4.98 Å². The van der Waals surface area contributed by atoms with Gasteiger partial charge in [-0.1, -0.05) is 18.5 Å². The van der Waals surface area contributed by atoms with Gasteiger partial charge in [-0.05, 0) is 18.6 Å². The van der Waals surface area contributed by atoms with Gasteiger partial charge in [0.15, 0.2) is 0 Å². The van der Waals surface area contributed by atoms with E-state index in [9.17, 15) is 5.11 Å². The number of thiophene rings is 1. The molecule has 14 heavy (non-hydrogen) atoms. The molecule has 2 nitrogen and oxygen atoms in total. The van der Waals surface area contributed by atoms with Gasteiger partial charge >= 0.3 is 0 Å². The Labute approximate surface area is 91.2 Å². The second-order valence-electron chi connectivity index (χ2n) is 3.08. The monoisotopic (exact) mass is 227 g/mol. The van der Waals surface area contributed by atoms with E-state index >= 15 is 0 Å². The Morgan fingerprint density at radius 3 is 3.07 bits per heavy atom. The molecular weight excluding hydrogens is 218 g/mol. The van der Waals surface area contributed by atoms with Crippen LogP contribution in [0, 0.1) is 0 Å². The minimum Gasteiger partial charge on any atom is -0.388 e. The van der Waals surface area contributed by atoms with E-state index in [4.69, 9.17) is 11.6 Å². The zero-order valence-corrected chi connectivity index (χ0v) is 9.27. The van der Waals surface area contributed by atoms with E-state index in [1.165, 1.54) is 11.3 Å². The third-order valence-corrected chi connectivity index (χ3v) is 3.78. The lowest BCUT2D eigenvalue weighted by Crippen LogP contribution is -1.89. The summed E-state index contributed by atoms with van der Waals surface area (Å²) >= 11 is 7.52. The maximum Gasteiger partial charge on any atom is 0.0880 e. The van der Waals surface area contributed by atoms with Gasteiger partial charge in [0.05, 0.1) is 21.3 Å². The summed E-state index contributed by atoms with van der Waals surface area (Å²) in [5.74, 6) is 0. The van der Waals surface area contributed by atoms with Crippen LogP contribution in [0.25, 0.3) is 10.2 Å². The summed E-state index contributed by atoms with van der Waals surface area (Å²) < 4.78 is 0.955. The average Bonchev–Trinajstić information content (AvgIpc) is 2.62. The van der Waals surface area contributed by atoms with Crippen molar-refractivity contribution in [2.45, 2.75) is 19.4 Å². The Kier molecular flexibility index (Phi) is 2.72. The number of fused-ring (bicyclic) bond motifs is 1. The number of pyridine rings is 1. The highest BCUT2D eigenvalue weighted by atomic mass is 35.5. The van der Waals surface area contributed by atoms with Gasteiger partial charge in [-0.3, -0.25) is 4.98 Å². The number of hydrogen-bond donors (Lipinski definition) is 1. The van der Waals surface area contributed by atoms with Gasteiger partial charge in [0.25, 0.3) is 0 Å². The molecule has 0 aliphatic rings. The summed E-state index contributed by atoms with van der Waals surface area (Å²) in [5.41, 5.74) is 0.866. The molecule has 2 aromatic heterocycles. The molecule has 0 aromatic carbocycles. The molecule has 0 aliphatic carbocycles. The molecule has 0 saturated carbocycles. The molecule has 0 radical (unpaired) electrons. The van der Waals surface area contributed by atoms with Crippen LogP contribution in [0.1, 0.15) is 24.3 Å². The van der Waals surface area contributed by atoms with Crippen molar-refractivity contribution >= 4 is 33.2 Å². The number of rotatable bonds is 2. The van der Waals surface area contributed by atoms with Crippen LogP contribution in [0.3, 0.4) is 0 Å². The van der Waals surface area contributed by atoms with Crippen molar-refractivity contribution in [3.05, 3.63) is 28.2 Å². The van der Waals surface area contributed by atoms with E-state index in [0.717, 1.165) is 15.1 Å². The smallest absolute Gasteiger partial charge is 0.0880 e. The third-order valence-electron chi connectivity index (χ3n) is 2.10. The van der Waals surface area contributed by atoms with Crippen molar-refractivity contribution in [3.8, 4) is 0 Å². The minimum absolute atomic E-state index is 0.398. The highest BCUT2D eigenvalue weighted by Crippen LogP contribution is 2.34. The first kappa shape index (κ1) is 9.90. The Morgan fingerprint density at radius 2 is 2.43 bits per heavy atom. The normalized spacial score (nSPS) is 13.4. The van der Waals surface area contributed by atoms with Crippen LogP contribution in [0.15, 0.2) is 18.3 Å². The Bertz CT molecular complexity index is 454. The standard InChI is InChI=1S/C10H10ClNOS/c1-2-8(13)9-5-7-10(14-9)6(11)3-4-12-7/h3-5,8,13H,2H2,1H3. The van der Waals surface area contributed by atoms with Crippen LogP contribution in [0.5, 0.6) is 0 Å². The number of halogens is 1. The number of aromatic nitrogens is 1. The second kappa shape index (κ2) is 3.85. The molecule has 0 aliphatic heterocycles. The molecule has 0 amide bonds. The lowest BCUT2D eigenvalue weighted by molar-refractivity contribution is 0.177. The maximum atomic E-state index is 9.66. The fraction of sp³-hybridized carbons (Fsp3) is 0.300. The van der Waals surface area contributed by atoms with E-state index in [-0.39, 0.29) is 0 Å². The lowest BCUT2D eigenvalue weighted by Gasteiger charge is -2.01. The molecule has 74 valence electrons. The number of nitrogens with zero attached hydrogens (tertiary/aromatic N) is 1. The van der Waals surface area contributed by atoms with Crippen LogP contribution in [0.2, 0.25) is 5.02 Å². The first-order valence-corrected chi connectivity index (χ1v) is 5.64. The van der Waals surface area contributed by atoms with Crippen molar-refractivity contribution < 1.29 is 5.11 Å². The molecule has 2 aromatic rings. The van der Waals surface area contributed by atoms with Gasteiger partial charge in [0, 0.05) is 11.1 Å². The van der Waals surface area contributed by atoms with Crippen molar-refractivity contribution in [3.63, 3.8) is 0 Å². The van der Waals surface area contributed by atoms with Crippen LogP contribution in [-0.4, -0.2) is 10.1 Å². The van der Waals surface area contributed by atoms with E-state index in [1.807, 2.05) is 13.0 Å². The average molecular weight is 228 g/mol. The van der Waals surface area contributed by atoms with Gasteiger partial charge in [0.1, 0.15) is 0 Å². The van der Waals surface area contributed by atoms with Crippen LogP contribution in [0.4, 0.5) is 0 Å². The largest absolute Gasteiger partial charge is 0.388 e. The van der Waals surface area contributed by atoms with Crippen molar-refractivity contribution in [1.29, 1.82) is 0 Å². The predicted molar refractivity (Wildman–Crippen MR) is 59.9 cm³/mol. The van der Waals surface area contributed by atoms with E-state index in [2.05, 4.69) is 4.98 Å². The summed E-state index contributed by atoms with van der Waals surface area (Å²) in [7, 11) is 0. The molecule has 1 N–H and O–H groups in total. The van der Waals surface area contributed by atoms with Crippen LogP contribution in [-0.2, 0) is 0 Å². The Hall–Kier alpha value is -0.640. The SMILES string of the molecule is CCC(O)c1cc2nccc(Cl)c2s1.